The molecule has 1 aromatic carbocycles. The van der Waals surface area contributed by atoms with Gasteiger partial charge in [0.15, 0.2) is 0 Å². The Morgan fingerprint density at radius 1 is 1.05 bits per heavy atom. The van der Waals surface area contributed by atoms with Gasteiger partial charge in [0.2, 0.25) is 0 Å². The van der Waals surface area contributed by atoms with Crippen molar-refractivity contribution in [2.45, 2.75) is 25.3 Å². The number of H-pyrrole nitrogens is 1. The van der Waals surface area contributed by atoms with Gasteiger partial charge in [-0.2, -0.15) is 0 Å². The first-order chi connectivity index (χ1) is 10.9. The van der Waals surface area contributed by atoms with Gasteiger partial charge in [-0.15, -0.1) is 0 Å². The first-order valence-electron chi connectivity index (χ1n) is 8.51. The van der Waals surface area contributed by atoms with E-state index in [9.17, 15) is 0 Å². The zero-order chi connectivity index (χ0) is 14.8. The van der Waals surface area contributed by atoms with E-state index in [1.807, 2.05) is 0 Å². The van der Waals surface area contributed by atoms with Crippen LogP contribution in [0.1, 0.15) is 30.1 Å². The number of nitrogens with zero attached hydrogens (tertiary/aromatic N) is 2. The second-order valence-electron chi connectivity index (χ2n) is 6.52. The Bertz CT molecular complexity index is 623. The predicted octanol–water partition coefficient (Wildman–Crippen LogP) is 1.44. The minimum Gasteiger partial charge on any atom is -0.342 e. The van der Waals surface area contributed by atoms with Crippen molar-refractivity contribution in [3.8, 4) is 0 Å². The van der Waals surface area contributed by atoms with E-state index in [2.05, 4.69) is 38.7 Å². The summed E-state index contributed by atoms with van der Waals surface area (Å²) in [5.74, 6) is 1.76. The molecule has 2 saturated heterocycles. The Balaban J connectivity index is 1.52. The fraction of sp³-hybridized carbons (Fsp3) is 0.588. The van der Waals surface area contributed by atoms with Crippen molar-refractivity contribution in [3.63, 3.8) is 0 Å². The summed E-state index contributed by atoms with van der Waals surface area (Å²) < 4.78 is 0. The molecule has 1 aromatic heterocycles. The number of fused-ring (bicyclic) bond motifs is 1. The van der Waals surface area contributed by atoms with Crippen LogP contribution in [0.2, 0.25) is 0 Å². The SMILES string of the molecule is c1cc2nc(C3CCNCC3)[nH]c2cc1CN1CCNCC1. The lowest BCUT2D eigenvalue weighted by Gasteiger charge is -2.27. The number of aromatic amines is 1. The molecular formula is C17H25N5. The highest BCUT2D eigenvalue weighted by Crippen LogP contribution is 2.25. The summed E-state index contributed by atoms with van der Waals surface area (Å²) >= 11 is 0. The van der Waals surface area contributed by atoms with E-state index in [0.717, 1.165) is 51.3 Å². The maximum atomic E-state index is 4.82. The van der Waals surface area contributed by atoms with Gasteiger partial charge >= 0.3 is 0 Å². The van der Waals surface area contributed by atoms with Crippen LogP contribution < -0.4 is 10.6 Å². The number of hydrogen-bond donors (Lipinski definition) is 3. The average molecular weight is 299 g/mol. The fourth-order valence-corrected chi connectivity index (χ4v) is 3.59. The number of aromatic nitrogens is 2. The van der Waals surface area contributed by atoms with Crippen LogP contribution in [0.3, 0.4) is 0 Å². The normalized spacial score (nSPS) is 21.5. The molecule has 2 aromatic rings. The smallest absolute Gasteiger partial charge is 0.110 e. The third-order valence-electron chi connectivity index (χ3n) is 4.91. The van der Waals surface area contributed by atoms with Crippen LogP contribution in [0, 0.1) is 0 Å². The summed E-state index contributed by atoms with van der Waals surface area (Å²) in [6, 6.07) is 6.69. The predicted molar refractivity (Wildman–Crippen MR) is 89.1 cm³/mol. The summed E-state index contributed by atoms with van der Waals surface area (Å²) in [7, 11) is 0. The Kier molecular flexibility index (Phi) is 4.10. The first-order valence-corrected chi connectivity index (χ1v) is 8.51. The number of hydrogen-bond acceptors (Lipinski definition) is 4. The zero-order valence-corrected chi connectivity index (χ0v) is 13.1. The van der Waals surface area contributed by atoms with Gasteiger partial charge in [0.05, 0.1) is 11.0 Å². The summed E-state index contributed by atoms with van der Waals surface area (Å²) in [6.07, 6.45) is 2.38. The van der Waals surface area contributed by atoms with Gasteiger partial charge < -0.3 is 15.6 Å². The van der Waals surface area contributed by atoms with Gasteiger partial charge in [0.25, 0.3) is 0 Å². The lowest BCUT2D eigenvalue weighted by Crippen LogP contribution is -2.42. The molecule has 0 radical (unpaired) electrons. The van der Waals surface area contributed by atoms with Crippen LogP contribution in [0.25, 0.3) is 11.0 Å². The van der Waals surface area contributed by atoms with Crippen LogP contribution in [0.15, 0.2) is 18.2 Å². The van der Waals surface area contributed by atoms with E-state index in [0.29, 0.717) is 5.92 Å². The largest absolute Gasteiger partial charge is 0.342 e. The van der Waals surface area contributed by atoms with Gasteiger partial charge in [-0.1, -0.05) is 6.07 Å². The van der Waals surface area contributed by atoms with Crippen molar-refractivity contribution in [1.82, 2.24) is 25.5 Å². The van der Waals surface area contributed by atoms with Crippen LogP contribution in [0.5, 0.6) is 0 Å². The van der Waals surface area contributed by atoms with Crippen molar-refractivity contribution in [3.05, 3.63) is 29.6 Å². The van der Waals surface area contributed by atoms with Crippen LogP contribution in [-0.4, -0.2) is 54.1 Å². The number of imidazole rings is 1. The Morgan fingerprint density at radius 3 is 2.64 bits per heavy atom. The topological polar surface area (TPSA) is 56.0 Å². The molecule has 0 spiro atoms. The number of nitrogens with one attached hydrogen (secondary N) is 3. The summed E-state index contributed by atoms with van der Waals surface area (Å²) in [6.45, 7) is 7.74. The molecule has 0 unspecified atom stereocenters. The molecule has 118 valence electrons. The number of piperidine rings is 1. The zero-order valence-electron chi connectivity index (χ0n) is 13.1. The molecule has 0 saturated carbocycles. The van der Waals surface area contributed by atoms with E-state index in [4.69, 9.17) is 4.98 Å². The van der Waals surface area contributed by atoms with Crippen LogP contribution in [0.4, 0.5) is 0 Å². The molecule has 3 N–H and O–H groups in total. The number of benzene rings is 1. The van der Waals surface area contributed by atoms with E-state index in [-0.39, 0.29) is 0 Å². The molecule has 2 aliphatic heterocycles. The fourth-order valence-electron chi connectivity index (χ4n) is 3.59. The molecule has 0 bridgehead atoms. The maximum Gasteiger partial charge on any atom is 0.110 e. The van der Waals surface area contributed by atoms with Crippen LogP contribution in [-0.2, 0) is 6.54 Å². The highest BCUT2D eigenvalue weighted by molar-refractivity contribution is 5.76. The third-order valence-corrected chi connectivity index (χ3v) is 4.91. The second kappa shape index (κ2) is 6.36. The van der Waals surface area contributed by atoms with Crippen molar-refractivity contribution in [2.24, 2.45) is 0 Å². The minimum atomic E-state index is 0.588. The second-order valence-corrected chi connectivity index (χ2v) is 6.52. The minimum absolute atomic E-state index is 0.588. The lowest BCUT2D eigenvalue weighted by atomic mass is 9.98. The lowest BCUT2D eigenvalue weighted by molar-refractivity contribution is 0.233. The first kappa shape index (κ1) is 14.2. The molecule has 0 atom stereocenters. The Hall–Kier alpha value is -1.43. The van der Waals surface area contributed by atoms with Crippen molar-refractivity contribution in [1.29, 1.82) is 0 Å². The van der Waals surface area contributed by atoms with Gasteiger partial charge in [-0.3, -0.25) is 4.90 Å². The quantitative estimate of drug-likeness (QED) is 0.803. The van der Waals surface area contributed by atoms with Gasteiger partial charge in [0.1, 0.15) is 5.82 Å². The standard InChI is InChI=1S/C17H25N5/c1-2-15-16(11-13(1)12-22-9-7-19-8-10-22)21-17(20-15)14-3-5-18-6-4-14/h1-2,11,14,18-19H,3-10,12H2,(H,20,21). The molecule has 5 heteroatoms. The van der Waals surface area contributed by atoms with Crippen molar-refractivity contribution >= 4 is 11.0 Å². The van der Waals surface area contributed by atoms with E-state index < -0.39 is 0 Å². The van der Waals surface area contributed by atoms with Gasteiger partial charge in [-0.05, 0) is 43.6 Å². The Labute approximate surface area is 131 Å². The summed E-state index contributed by atoms with van der Waals surface area (Å²) in [4.78, 5) is 10.9. The monoisotopic (exact) mass is 299 g/mol. The third kappa shape index (κ3) is 3.02. The molecule has 22 heavy (non-hydrogen) atoms. The van der Waals surface area contributed by atoms with E-state index >= 15 is 0 Å². The average Bonchev–Trinajstić information content (AvgIpc) is 3.00. The highest BCUT2D eigenvalue weighted by Gasteiger charge is 2.18. The van der Waals surface area contributed by atoms with Gasteiger partial charge in [0, 0.05) is 38.6 Å². The Morgan fingerprint density at radius 2 is 1.82 bits per heavy atom. The molecule has 5 nitrogen and oxygen atoms in total. The number of piperazine rings is 1. The van der Waals surface area contributed by atoms with Gasteiger partial charge in [-0.25, -0.2) is 4.98 Å². The van der Waals surface area contributed by atoms with E-state index in [1.165, 1.54) is 29.7 Å². The molecule has 2 fully saturated rings. The van der Waals surface area contributed by atoms with E-state index in [1.54, 1.807) is 0 Å². The summed E-state index contributed by atoms with van der Waals surface area (Å²) in [5.41, 5.74) is 3.69. The molecule has 0 aliphatic carbocycles. The molecule has 0 amide bonds. The molecule has 2 aliphatic rings. The molecule has 4 rings (SSSR count). The summed E-state index contributed by atoms with van der Waals surface area (Å²) in [5, 5.41) is 6.83. The van der Waals surface area contributed by atoms with Crippen LogP contribution >= 0.6 is 0 Å². The van der Waals surface area contributed by atoms with Crippen molar-refractivity contribution < 1.29 is 0 Å². The number of rotatable bonds is 3. The van der Waals surface area contributed by atoms with Crippen molar-refractivity contribution in [2.75, 3.05) is 39.3 Å². The maximum absolute atomic E-state index is 4.82. The molecular weight excluding hydrogens is 274 g/mol. The molecule has 3 heterocycles. The highest BCUT2D eigenvalue weighted by atomic mass is 15.2.